The lowest BCUT2D eigenvalue weighted by Crippen LogP contribution is -2.25. The summed E-state index contributed by atoms with van der Waals surface area (Å²) in [4.78, 5) is 20.3. The minimum Gasteiger partial charge on any atom is -0.286 e. The van der Waals surface area contributed by atoms with Crippen molar-refractivity contribution in [2.24, 2.45) is 0 Å². The van der Waals surface area contributed by atoms with E-state index < -0.39 is 0 Å². The molecule has 5 heteroatoms. The van der Waals surface area contributed by atoms with Gasteiger partial charge >= 0.3 is 0 Å². The first kappa shape index (κ1) is 12.3. The highest BCUT2D eigenvalue weighted by atomic mass is 32.1. The second-order valence-electron chi connectivity index (χ2n) is 4.24. The molecule has 2 heterocycles. The van der Waals surface area contributed by atoms with Gasteiger partial charge in [0.2, 0.25) is 0 Å². The molecule has 0 aliphatic carbocycles. The van der Waals surface area contributed by atoms with Crippen molar-refractivity contribution in [3.05, 3.63) is 46.2 Å². The molecule has 3 nitrogen and oxygen atoms in total. The number of amides is 1. The Morgan fingerprint density at radius 2 is 1.95 bits per heavy atom. The molecular formula is C14H12N2OS2. The van der Waals surface area contributed by atoms with Crippen LogP contribution in [0.25, 0.3) is 10.2 Å². The number of carbonyl (C=O) groups is 1. The quantitative estimate of drug-likeness (QED) is 0.715. The van der Waals surface area contributed by atoms with Crippen LogP contribution in [0.4, 0.5) is 5.13 Å². The maximum absolute atomic E-state index is 12.3. The van der Waals surface area contributed by atoms with Crippen LogP contribution in [-0.2, 0) is 0 Å². The second-order valence-corrected chi connectivity index (χ2v) is 6.54. The van der Waals surface area contributed by atoms with Crippen molar-refractivity contribution >= 4 is 43.9 Å². The Bertz CT molecular complexity index is 712. The van der Waals surface area contributed by atoms with Gasteiger partial charge in [-0.1, -0.05) is 23.5 Å². The smallest absolute Gasteiger partial charge is 0.269 e. The van der Waals surface area contributed by atoms with Crippen molar-refractivity contribution in [1.29, 1.82) is 0 Å². The van der Waals surface area contributed by atoms with Gasteiger partial charge in [-0.15, -0.1) is 11.3 Å². The van der Waals surface area contributed by atoms with Gasteiger partial charge in [0.05, 0.1) is 15.1 Å². The van der Waals surface area contributed by atoms with Crippen LogP contribution < -0.4 is 4.90 Å². The summed E-state index contributed by atoms with van der Waals surface area (Å²) >= 11 is 3.05. The number of nitrogens with zero attached hydrogens (tertiary/aromatic N) is 2. The maximum atomic E-state index is 12.3. The van der Waals surface area contributed by atoms with Crippen molar-refractivity contribution in [3.8, 4) is 0 Å². The number of fused-ring (bicyclic) bond motifs is 1. The van der Waals surface area contributed by atoms with Crippen molar-refractivity contribution in [2.75, 3.05) is 11.9 Å². The molecule has 0 radical (unpaired) electrons. The Morgan fingerprint density at radius 1 is 1.16 bits per heavy atom. The lowest BCUT2D eigenvalue weighted by Gasteiger charge is -2.11. The van der Waals surface area contributed by atoms with Crippen molar-refractivity contribution < 1.29 is 4.79 Å². The number of thiazole rings is 1. The highest BCUT2D eigenvalue weighted by Crippen LogP contribution is 2.29. The third-order valence-electron chi connectivity index (χ3n) is 2.83. The summed E-state index contributed by atoms with van der Waals surface area (Å²) in [5, 5.41) is 0.734. The molecule has 0 aliphatic rings. The van der Waals surface area contributed by atoms with E-state index in [1.54, 1.807) is 11.9 Å². The van der Waals surface area contributed by atoms with E-state index in [-0.39, 0.29) is 5.91 Å². The zero-order chi connectivity index (χ0) is 13.4. The highest BCUT2D eigenvalue weighted by Gasteiger charge is 2.18. The Hall–Kier alpha value is -1.72. The number of carbonyl (C=O) groups excluding carboxylic acids is 1. The van der Waals surface area contributed by atoms with Crippen LogP contribution >= 0.6 is 22.7 Å². The molecule has 0 N–H and O–H groups in total. The average molecular weight is 288 g/mol. The average Bonchev–Trinajstić information content (AvgIpc) is 3.02. The molecule has 0 unspecified atom stereocenters. The van der Waals surface area contributed by atoms with Gasteiger partial charge in [0.1, 0.15) is 0 Å². The predicted octanol–water partition coefficient (Wildman–Crippen LogP) is 3.94. The number of rotatable bonds is 2. The van der Waals surface area contributed by atoms with E-state index in [4.69, 9.17) is 0 Å². The summed E-state index contributed by atoms with van der Waals surface area (Å²) in [5.41, 5.74) is 0.935. The number of aryl methyl sites for hydroxylation is 1. The summed E-state index contributed by atoms with van der Waals surface area (Å²) < 4.78 is 1.10. The summed E-state index contributed by atoms with van der Waals surface area (Å²) in [7, 11) is 1.77. The van der Waals surface area contributed by atoms with Crippen LogP contribution in [0.15, 0.2) is 36.4 Å². The number of anilines is 1. The summed E-state index contributed by atoms with van der Waals surface area (Å²) in [5.74, 6) is -0.00263. The Balaban J connectivity index is 1.94. The summed E-state index contributed by atoms with van der Waals surface area (Å²) in [6.45, 7) is 2.00. The molecule has 19 heavy (non-hydrogen) atoms. The summed E-state index contributed by atoms with van der Waals surface area (Å²) in [6.07, 6.45) is 0. The second kappa shape index (κ2) is 4.75. The fourth-order valence-corrected chi connectivity index (χ4v) is 3.57. The topological polar surface area (TPSA) is 33.2 Å². The van der Waals surface area contributed by atoms with Gasteiger partial charge < -0.3 is 0 Å². The minimum absolute atomic E-state index is 0.00263. The van der Waals surface area contributed by atoms with Crippen molar-refractivity contribution in [2.45, 2.75) is 6.92 Å². The Kier molecular flexibility index (Phi) is 3.08. The van der Waals surface area contributed by atoms with Gasteiger partial charge in [-0.05, 0) is 31.2 Å². The van der Waals surface area contributed by atoms with E-state index in [0.29, 0.717) is 0 Å². The number of thiophene rings is 1. The SMILES string of the molecule is Cc1ccc(C(=O)N(C)c2nc3ccccc3s2)s1. The molecule has 0 bridgehead atoms. The molecular weight excluding hydrogens is 276 g/mol. The molecule has 1 amide bonds. The van der Waals surface area contributed by atoms with Crippen LogP contribution in [0.1, 0.15) is 14.5 Å². The Labute approximate surface area is 119 Å². The first-order valence-electron chi connectivity index (χ1n) is 5.85. The Morgan fingerprint density at radius 3 is 2.63 bits per heavy atom. The van der Waals surface area contributed by atoms with Crippen LogP contribution in [-0.4, -0.2) is 17.9 Å². The van der Waals surface area contributed by atoms with E-state index in [9.17, 15) is 4.79 Å². The molecule has 0 saturated heterocycles. The van der Waals surface area contributed by atoms with Gasteiger partial charge in [-0.25, -0.2) is 4.98 Å². The largest absolute Gasteiger partial charge is 0.286 e. The molecule has 1 aromatic carbocycles. The fourth-order valence-electron chi connectivity index (χ4n) is 1.81. The lowest BCUT2D eigenvalue weighted by atomic mass is 10.3. The number of hydrogen-bond donors (Lipinski definition) is 0. The first-order valence-corrected chi connectivity index (χ1v) is 7.48. The molecule has 0 aliphatic heterocycles. The normalized spacial score (nSPS) is 10.8. The molecule has 0 spiro atoms. The summed E-state index contributed by atoms with van der Waals surface area (Å²) in [6, 6.07) is 11.7. The monoisotopic (exact) mass is 288 g/mol. The van der Waals surface area contributed by atoms with Crippen LogP contribution in [0.5, 0.6) is 0 Å². The predicted molar refractivity (Wildman–Crippen MR) is 81.4 cm³/mol. The number of hydrogen-bond acceptors (Lipinski definition) is 4. The maximum Gasteiger partial charge on any atom is 0.269 e. The van der Waals surface area contributed by atoms with E-state index in [1.807, 2.05) is 43.3 Å². The van der Waals surface area contributed by atoms with Gasteiger partial charge in [0.15, 0.2) is 5.13 Å². The van der Waals surface area contributed by atoms with E-state index in [1.165, 1.54) is 22.7 Å². The van der Waals surface area contributed by atoms with Gasteiger partial charge in [0.25, 0.3) is 5.91 Å². The highest BCUT2D eigenvalue weighted by molar-refractivity contribution is 7.22. The van der Waals surface area contributed by atoms with Gasteiger partial charge in [0, 0.05) is 11.9 Å². The van der Waals surface area contributed by atoms with Crippen molar-refractivity contribution in [3.63, 3.8) is 0 Å². The number of aromatic nitrogens is 1. The third-order valence-corrected chi connectivity index (χ3v) is 4.93. The molecule has 3 rings (SSSR count). The first-order chi connectivity index (χ1) is 9.15. The van der Waals surface area contributed by atoms with E-state index in [0.717, 1.165) is 25.1 Å². The standard InChI is InChI=1S/C14H12N2OS2/c1-9-7-8-12(18-9)13(17)16(2)14-15-10-5-3-4-6-11(10)19-14/h3-8H,1-2H3. The van der Waals surface area contributed by atoms with Crippen LogP contribution in [0.3, 0.4) is 0 Å². The fraction of sp³-hybridized carbons (Fsp3) is 0.143. The molecule has 0 atom stereocenters. The molecule has 2 aromatic heterocycles. The molecule has 0 fully saturated rings. The molecule has 0 saturated carbocycles. The van der Waals surface area contributed by atoms with Crippen LogP contribution in [0, 0.1) is 6.92 Å². The minimum atomic E-state index is -0.00263. The molecule has 96 valence electrons. The zero-order valence-electron chi connectivity index (χ0n) is 10.6. The van der Waals surface area contributed by atoms with Gasteiger partial charge in [-0.3, -0.25) is 9.69 Å². The van der Waals surface area contributed by atoms with E-state index >= 15 is 0 Å². The zero-order valence-corrected chi connectivity index (χ0v) is 12.2. The molecule has 3 aromatic rings. The lowest BCUT2D eigenvalue weighted by molar-refractivity contribution is 0.0997. The van der Waals surface area contributed by atoms with Crippen LogP contribution in [0.2, 0.25) is 0 Å². The third kappa shape index (κ3) is 2.27. The van der Waals surface area contributed by atoms with Gasteiger partial charge in [-0.2, -0.15) is 0 Å². The number of benzene rings is 1. The number of para-hydroxylation sites is 1. The van der Waals surface area contributed by atoms with E-state index in [2.05, 4.69) is 4.98 Å². The van der Waals surface area contributed by atoms with Crippen molar-refractivity contribution in [1.82, 2.24) is 4.98 Å².